The summed E-state index contributed by atoms with van der Waals surface area (Å²) in [6.07, 6.45) is 5.00. The number of nitrogens with zero attached hydrogens (tertiary/aromatic N) is 1. The highest BCUT2D eigenvalue weighted by atomic mass is 16.2. The number of hydrogen-bond acceptors (Lipinski definition) is 3. The topological polar surface area (TPSA) is 66.5 Å². The van der Waals surface area contributed by atoms with Crippen molar-refractivity contribution >= 4 is 23.4 Å². The lowest BCUT2D eigenvalue weighted by molar-refractivity contribution is -0.143. The van der Waals surface area contributed by atoms with Crippen molar-refractivity contribution in [2.45, 2.75) is 13.3 Å². The summed E-state index contributed by atoms with van der Waals surface area (Å²) < 4.78 is 0. The molecule has 2 bridgehead atoms. The number of carbonyl (C=O) groups excluding carboxylic acids is 3. The zero-order valence-corrected chi connectivity index (χ0v) is 12.9. The average Bonchev–Trinajstić information content (AvgIpc) is 3.19. The molecule has 0 radical (unpaired) electrons. The van der Waals surface area contributed by atoms with Crippen LogP contribution in [-0.4, -0.2) is 29.2 Å². The number of para-hydroxylation sites is 1. The third-order valence-electron chi connectivity index (χ3n) is 5.28. The number of amides is 3. The van der Waals surface area contributed by atoms with Gasteiger partial charge in [-0.15, -0.1) is 0 Å². The SMILES string of the molecule is Cc1ccccc1NC(=O)CN1C(=O)[C@@H]2[C@@H](C1=O)[C@H]1C=C[C@H]2C1. The van der Waals surface area contributed by atoms with Gasteiger partial charge in [0.25, 0.3) is 0 Å². The van der Waals surface area contributed by atoms with Crippen molar-refractivity contribution in [2.24, 2.45) is 23.7 Å². The van der Waals surface area contributed by atoms with E-state index in [1.807, 2.05) is 37.3 Å². The first kappa shape index (κ1) is 14.2. The van der Waals surface area contributed by atoms with Crippen LogP contribution in [0.25, 0.3) is 0 Å². The molecule has 1 heterocycles. The molecule has 3 amide bonds. The Hall–Kier alpha value is -2.43. The number of imide groups is 1. The number of benzene rings is 1. The van der Waals surface area contributed by atoms with E-state index in [0.717, 1.165) is 16.9 Å². The molecule has 2 fully saturated rings. The molecule has 1 aromatic rings. The van der Waals surface area contributed by atoms with Gasteiger partial charge < -0.3 is 5.32 Å². The van der Waals surface area contributed by atoms with E-state index in [-0.39, 0.29) is 47.9 Å². The second-order valence-electron chi connectivity index (χ2n) is 6.63. The van der Waals surface area contributed by atoms with Gasteiger partial charge >= 0.3 is 0 Å². The third-order valence-corrected chi connectivity index (χ3v) is 5.28. The normalized spacial score (nSPS) is 30.9. The van der Waals surface area contributed by atoms with Gasteiger partial charge in [-0.05, 0) is 36.8 Å². The Balaban J connectivity index is 1.48. The van der Waals surface area contributed by atoms with Crippen LogP contribution in [0, 0.1) is 30.6 Å². The van der Waals surface area contributed by atoms with Gasteiger partial charge in [0.1, 0.15) is 6.54 Å². The lowest BCUT2D eigenvalue weighted by Gasteiger charge is -2.17. The van der Waals surface area contributed by atoms with Gasteiger partial charge in [-0.25, -0.2) is 0 Å². The molecule has 118 valence electrons. The number of anilines is 1. The van der Waals surface area contributed by atoms with E-state index in [4.69, 9.17) is 0 Å². The standard InChI is InChI=1S/C18H18N2O3/c1-10-4-2-3-5-13(10)19-14(21)9-20-17(22)15-11-6-7-12(8-11)16(15)18(20)23/h2-7,11-12,15-16H,8-9H2,1H3,(H,19,21)/t11-,12-,15-,16-/m0/s1. The second kappa shape index (κ2) is 5.05. The van der Waals surface area contributed by atoms with Crippen molar-refractivity contribution in [3.63, 3.8) is 0 Å². The minimum absolute atomic E-state index is 0.172. The molecule has 1 saturated carbocycles. The maximum absolute atomic E-state index is 12.5. The summed E-state index contributed by atoms with van der Waals surface area (Å²) >= 11 is 0. The van der Waals surface area contributed by atoms with Crippen LogP contribution in [0.15, 0.2) is 36.4 Å². The zero-order valence-electron chi connectivity index (χ0n) is 12.9. The molecular formula is C18H18N2O3. The maximum Gasteiger partial charge on any atom is 0.244 e. The van der Waals surface area contributed by atoms with Crippen LogP contribution < -0.4 is 5.32 Å². The fourth-order valence-electron chi connectivity index (χ4n) is 4.17. The molecule has 1 N–H and O–H groups in total. The molecule has 4 rings (SSSR count). The highest BCUT2D eigenvalue weighted by Crippen LogP contribution is 2.52. The molecule has 0 unspecified atom stereocenters. The van der Waals surface area contributed by atoms with Crippen LogP contribution in [-0.2, 0) is 14.4 Å². The Bertz CT molecular complexity index is 710. The van der Waals surface area contributed by atoms with Gasteiger partial charge in [-0.1, -0.05) is 30.4 Å². The minimum atomic E-state index is -0.332. The lowest BCUT2D eigenvalue weighted by Crippen LogP contribution is -2.39. The number of likely N-dealkylation sites (tertiary alicyclic amines) is 1. The van der Waals surface area contributed by atoms with E-state index in [1.54, 1.807) is 6.07 Å². The van der Waals surface area contributed by atoms with Crippen molar-refractivity contribution in [3.8, 4) is 0 Å². The summed E-state index contributed by atoms with van der Waals surface area (Å²) in [6.45, 7) is 1.70. The number of aryl methyl sites for hydroxylation is 1. The summed E-state index contributed by atoms with van der Waals surface area (Å²) in [5.74, 6) is -0.848. The van der Waals surface area contributed by atoms with Crippen LogP contribution in [0.5, 0.6) is 0 Å². The summed E-state index contributed by atoms with van der Waals surface area (Å²) in [5, 5.41) is 2.78. The second-order valence-corrected chi connectivity index (χ2v) is 6.63. The fraction of sp³-hybridized carbons (Fsp3) is 0.389. The van der Waals surface area contributed by atoms with Crippen LogP contribution in [0.1, 0.15) is 12.0 Å². The van der Waals surface area contributed by atoms with E-state index in [1.165, 1.54) is 0 Å². The van der Waals surface area contributed by atoms with Gasteiger partial charge in [-0.2, -0.15) is 0 Å². The van der Waals surface area contributed by atoms with Gasteiger partial charge in [0.15, 0.2) is 0 Å². The minimum Gasteiger partial charge on any atom is -0.324 e. The monoisotopic (exact) mass is 310 g/mol. The highest BCUT2D eigenvalue weighted by Gasteiger charge is 2.59. The molecule has 3 aliphatic rings. The smallest absolute Gasteiger partial charge is 0.244 e. The predicted octanol–water partition coefficient (Wildman–Crippen LogP) is 1.74. The lowest BCUT2D eigenvalue weighted by atomic mass is 9.85. The van der Waals surface area contributed by atoms with Gasteiger partial charge in [0.05, 0.1) is 11.8 Å². The highest BCUT2D eigenvalue weighted by molar-refractivity contribution is 6.09. The van der Waals surface area contributed by atoms with E-state index < -0.39 is 0 Å². The van der Waals surface area contributed by atoms with Gasteiger partial charge in [0.2, 0.25) is 17.7 Å². The largest absolute Gasteiger partial charge is 0.324 e. The molecule has 5 heteroatoms. The van der Waals surface area contributed by atoms with Crippen molar-refractivity contribution in [3.05, 3.63) is 42.0 Å². The molecule has 0 spiro atoms. The van der Waals surface area contributed by atoms with Crippen LogP contribution in [0.2, 0.25) is 0 Å². The molecule has 2 aliphatic carbocycles. The Kier molecular flexibility index (Phi) is 3.11. The first-order chi connectivity index (χ1) is 11.1. The Labute approximate surface area is 134 Å². The molecule has 1 saturated heterocycles. The summed E-state index contributed by atoms with van der Waals surface area (Å²) in [5.41, 5.74) is 1.65. The molecular weight excluding hydrogens is 292 g/mol. The Morgan fingerprint density at radius 2 is 1.74 bits per heavy atom. The molecule has 5 nitrogen and oxygen atoms in total. The third kappa shape index (κ3) is 2.11. The molecule has 4 atom stereocenters. The molecule has 1 aromatic carbocycles. The average molecular weight is 310 g/mol. The van der Waals surface area contributed by atoms with Crippen molar-refractivity contribution in [1.82, 2.24) is 4.90 Å². The van der Waals surface area contributed by atoms with Crippen LogP contribution in [0.3, 0.4) is 0 Å². The number of carbonyl (C=O) groups is 3. The van der Waals surface area contributed by atoms with Gasteiger partial charge in [-0.3, -0.25) is 19.3 Å². The van der Waals surface area contributed by atoms with Crippen molar-refractivity contribution in [1.29, 1.82) is 0 Å². The number of allylic oxidation sites excluding steroid dienone is 2. The van der Waals surface area contributed by atoms with Crippen LogP contribution in [0.4, 0.5) is 5.69 Å². The van der Waals surface area contributed by atoms with E-state index in [9.17, 15) is 14.4 Å². The Morgan fingerprint density at radius 1 is 1.13 bits per heavy atom. The van der Waals surface area contributed by atoms with Crippen LogP contribution >= 0.6 is 0 Å². The van der Waals surface area contributed by atoms with E-state index in [2.05, 4.69) is 5.32 Å². The molecule has 23 heavy (non-hydrogen) atoms. The summed E-state index contributed by atoms with van der Waals surface area (Å²) in [7, 11) is 0. The van der Waals surface area contributed by atoms with Crippen molar-refractivity contribution in [2.75, 3.05) is 11.9 Å². The Morgan fingerprint density at radius 3 is 2.35 bits per heavy atom. The number of fused-ring (bicyclic) bond motifs is 5. The number of hydrogen-bond donors (Lipinski definition) is 1. The predicted molar refractivity (Wildman–Crippen MR) is 84.2 cm³/mol. The quantitative estimate of drug-likeness (QED) is 0.683. The summed E-state index contributed by atoms with van der Waals surface area (Å²) in [6, 6.07) is 7.43. The number of rotatable bonds is 3. The van der Waals surface area contributed by atoms with Crippen molar-refractivity contribution < 1.29 is 14.4 Å². The first-order valence-electron chi connectivity index (χ1n) is 7.95. The molecule has 1 aliphatic heterocycles. The first-order valence-corrected chi connectivity index (χ1v) is 7.95. The van der Waals surface area contributed by atoms with E-state index in [0.29, 0.717) is 5.69 Å². The van der Waals surface area contributed by atoms with Gasteiger partial charge in [0, 0.05) is 5.69 Å². The summed E-state index contributed by atoms with van der Waals surface area (Å²) in [4.78, 5) is 38.5. The zero-order chi connectivity index (χ0) is 16.1. The van der Waals surface area contributed by atoms with E-state index >= 15 is 0 Å². The number of nitrogens with one attached hydrogen (secondary N) is 1. The fourth-order valence-corrected chi connectivity index (χ4v) is 4.17. The molecule has 0 aromatic heterocycles. The maximum atomic E-state index is 12.5.